The number of carbonyl (C=O) groups excluding carboxylic acids is 1. The van der Waals surface area contributed by atoms with E-state index in [0.29, 0.717) is 24.9 Å². The van der Waals surface area contributed by atoms with Crippen LogP contribution in [0.25, 0.3) is 0 Å². The van der Waals surface area contributed by atoms with Crippen LogP contribution in [0.5, 0.6) is 0 Å². The summed E-state index contributed by atoms with van der Waals surface area (Å²) in [5.74, 6) is 1.17. The number of unbranched alkanes of at least 4 members (excludes halogenated alkanes) is 7. The van der Waals surface area contributed by atoms with Crippen molar-refractivity contribution in [1.29, 1.82) is 0 Å². The average Bonchev–Trinajstić information content (AvgIpc) is 2.77. The van der Waals surface area contributed by atoms with E-state index in [-0.39, 0.29) is 16.8 Å². The van der Waals surface area contributed by atoms with Crippen LogP contribution < -0.4 is 0 Å². The number of aryl methyl sites for hydroxylation is 1. The minimum Gasteiger partial charge on any atom is -0.466 e. The van der Waals surface area contributed by atoms with Gasteiger partial charge in [0, 0.05) is 0 Å². The van der Waals surface area contributed by atoms with Gasteiger partial charge < -0.3 is 4.74 Å². The van der Waals surface area contributed by atoms with Gasteiger partial charge >= 0.3 is 5.97 Å². The van der Waals surface area contributed by atoms with Crippen molar-refractivity contribution in [2.75, 3.05) is 6.61 Å². The van der Waals surface area contributed by atoms with E-state index in [1.54, 1.807) is 11.1 Å². The smallest absolute Gasteiger partial charge is 0.306 e. The van der Waals surface area contributed by atoms with Crippen LogP contribution in [0, 0.1) is 11.3 Å². The maximum Gasteiger partial charge on any atom is 0.306 e. The van der Waals surface area contributed by atoms with Crippen molar-refractivity contribution in [3.63, 3.8) is 0 Å². The van der Waals surface area contributed by atoms with Crippen LogP contribution in [0.1, 0.15) is 141 Å². The molecule has 0 aliphatic heterocycles. The van der Waals surface area contributed by atoms with Gasteiger partial charge in [-0.05, 0) is 71.5 Å². The van der Waals surface area contributed by atoms with Gasteiger partial charge in [-0.3, -0.25) is 4.79 Å². The fourth-order valence-electron chi connectivity index (χ4n) is 7.02. The fourth-order valence-corrected chi connectivity index (χ4v) is 7.02. The van der Waals surface area contributed by atoms with Crippen LogP contribution in [0.2, 0.25) is 0 Å². The molecular formula is C31H50O2. The van der Waals surface area contributed by atoms with Crippen molar-refractivity contribution in [2.24, 2.45) is 11.3 Å². The predicted molar refractivity (Wildman–Crippen MR) is 140 cm³/mol. The molecule has 1 fully saturated rings. The van der Waals surface area contributed by atoms with E-state index < -0.39 is 0 Å². The average molecular weight is 455 g/mol. The highest BCUT2D eigenvalue weighted by Gasteiger charge is 2.52. The lowest BCUT2D eigenvalue weighted by Crippen LogP contribution is -2.50. The van der Waals surface area contributed by atoms with Crippen LogP contribution in [-0.2, 0) is 21.4 Å². The molecule has 33 heavy (non-hydrogen) atoms. The van der Waals surface area contributed by atoms with E-state index in [4.69, 9.17) is 4.74 Å². The van der Waals surface area contributed by atoms with Gasteiger partial charge in [0.1, 0.15) is 0 Å². The molecule has 2 aliphatic rings. The van der Waals surface area contributed by atoms with Crippen molar-refractivity contribution < 1.29 is 9.53 Å². The van der Waals surface area contributed by atoms with Gasteiger partial charge in [-0.25, -0.2) is 0 Å². The Morgan fingerprint density at radius 1 is 1.03 bits per heavy atom. The molecular weight excluding hydrogens is 404 g/mol. The topological polar surface area (TPSA) is 26.3 Å². The number of rotatable bonds is 12. The lowest BCUT2D eigenvalue weighted by atomic mass is 9.49. The summed E-state index contributed by atoms with van der Waals surface area (Å²) >= 11 is 0. The molecule has 0 bridgehead atoms. The number of fused-ring (bicyclic) bond motifs is 3. The van der Waals surface area contributed by atoms with Gasteiger partial charge in [-0.15, -0.1) is 0 Å². The molecule has 0 amide bonds. The molecule has 2 heteroatoms. The lowest BCUT2D eigenvalue weighted by Gasteiger charge is -2.55. The van der Waals surface area contributed by atoms with E-state index in [9.17, 15) is 4.79 Å². The molecule has 1 saturated carbocycles. The number of hydrogen-bond donors (Lipinski definition) is 0. The van der Waals surface area contributed by atoms with E-state index >= 15 is 0 Å². The molecule has 0 aromatic heterocycles. The lowest BCUT2D eigenvalue weighted by molar-refractivity contribution is -0.149. The molecule has 2 nitrogen and oxygen atoms in total. The molecule has 0 saturated heterocycles. The molecule has 0 N–H and O–H groups in total. The standard InChI is InChI=1S/C31H50O2/c1-6-7-8-9-10-11-12-13-21-33-29(32)23-30(4)19-14-20-31(5)27-17-15-25(24(2)3)22-26(27)16-18-28(30)31/h15,17,22,24,28H,6-14,16,18-21,23H2,1-5H3/t28-,30-,31+/m0/s1. The number of carbonyl (C=O) groups is 1. The van der Waals surface area contributed by atoms with Crippen LogP contribution in [0.15, 0.2) is 18.2 Å². The normalized spacial score (nSPS) is 26.7. The monoisotopic (exact) mass is 454 g/mol. The Morgan fingerprint density at radius 3 is 2.42 bits per heavy atom. The van der Waals surface area contributed by atoms with Crippen LogP contribution in [-0.4, -0.2) is 12.6 Å². The van der Waals surface area contributed by atoms with Crippen molar-refractivity contribution in [3.05, 3.63) is 34.9 Å². The maximum atomic E-state index is 12.8. The summed E-state index contributed by atoms with van der Waals surface area (Å²) in [6.07, 6.45) is 16.7. The Kier molecular flexibility index (Phi) is 9.48. The molecule has 0 unspecified atom stereocenters. The summed E-state index contributed by atoms with van der Waals surface area (Å²) in [6.45, 7) is 12.3. The van der Waals surface area contributed by atoms with Gasteiger partial charge in [-0.2, -0.15) is 0 Å². The zero-order valence-electron chi connectivity index (χ0n) is 22.3. The van der Waals surface area contributed by atoms with Gasteiger partial charge in [0.15, 0.2) is 0 Å². The molecule has 0 heterocycles. The zero-order chi connectivity index (χ0) is 23.9. The number of hydrogen-bond acceptors (Lipinski definition) is 2. The van der Waals surface area contributed by atoms with E-state index in [2.05, 4.69) is 52.8 Å². The predicted octanol–water partition coefficient (Wildman–Crippen LogP) is 8.89. The molecule has 0 spiro atoms. The summed E-state index contributed by atoms with van der Waals surface area (Å²) in [4.78, 5) is 12.8. The highest BCUT2D eigenvalue weighted by atomic mass is 16.5. The second-order valence-electron chi connectivity index (χ2n) is 12.0. The Balaban J connectivity index is 1.52. The van der Waals surface area contributed by atoms with Crippen molar-refractivity contribution in [2.45, 2.75) is 136 Å². The molecule has 3 rings (SSSR count). The molecule has 1 aromatic rings. The van der Waals surface area contributed by atoms with E-state index in [1.165, 1.54) is 69.8 Å². The van der Waals surface area contributed by atoms with Gasteiger partial charge in [-0.1, -0.05) is 104 Å². The summed E-state index contributed by atoms with van der Waals surface area (Å²) in [5, 5.41) is 0. The quantitative estimate of drug-likeness (QED) is 0.233. The third kappa shape index (κ3) is 6.43. The second-order valence-corrected chi connectivity index (χ2v) is 12.0. The maximum absolute atomic E-state index is 12.8. The Morgan fingerprint density at radius 2 is 1.73 bits per heavy atom. The molecule has 0 radical (unpaired) electrons. The second kappa shape index (κ2) is 11.9. The third-order valence-corrected chi connectivity index (χ3v) is 8.98. The van der Waals surface area contributed by atoms with E-state index in [0.717, 1.165) is 19.3 Å². The first-order chi connectivity index (χ1) is 15.8. The van der Waals surface area contributed by atoms with Crippen molar-refractivity contribution >= 4 is 5.97 Å². The zero-order valence-corrected chi connectivity index (χ0v) is 22.3. The summed E-state index contributed by atoms with van der Waals surface area (Å²) < 4.78 is 5.74. The van der Waals surface area contributed by atoms with Crippen molar-refractivity contribution in [3.8, 4) is 0 Å². The Hall–Kier alpha value is -1.31. The Bertz CT molecular complexity index is 766. The fraction of sp³-hybridized carbons (Fsp3) is 0.774. The van der Waals surface area contributed by atoms with Gasteiger partial charge in [0.25, 0.3) is 0 Å². The first-order valence-electron chi connectivity index (χ1n) is 14.1. The summed E-state index contributed by atoms with van der Waals surface area (Å²) in [7, 11) is 0. The largest absolute Gasteiger partial charge is 0.466 e. The van der Waals surface area contributed by atoms with Gasteiger partial charge in [0.2, 0.25) is 0 Å². The molecule has 3 atom stereocenters. The minimum absolute atomic E-state index is 0.0330. The molecule has 1 aromatic carbocycles. The summed E-state index contributed by atoms with van der Waals surface area (Å²) in [6, 6.07) is 7.23. The van der Waals surface area contributed by atoms with Gasteiger partial charge in [0.05, 0.1) is 13.0 Å². The first kappa shape index (κ1) is 26.3. The number of esters is 1. The molecule has 186 valence electrons. The highest BCUT2D eigenvalue weighted by Crippen LogP contribution is 2.58. The summed E-state index contributed by atoms with van der Waals surface area (Å²) in [5.41, 5.74) is 4.81. The van der Waals surface area contributed by atoms with Crippen LogP contribution in [0.4, 0.5) is 0 Å². The molecule has 2 aliphatic carbocycles. The highest BCUT2D eigenvalue weighted by molar-refractivity contribution is 5.70. The number of benzene rings is 1. The number of ether oxygens (including phenoxy) is 1. The van der Waals surface area contributed by atoms with E-state index in [1.807, 2.05) is 0 Å². The van der Waals surface area contributed by atoms with Crippen LogP contribution in [0.3, 0.4) is 0 Å². The SMILES string of the molecule is CCCCCCCCCCOC(=O)C[C@]1(C)CCC[C@]2(C)c3ccc(C(C)C)cc3CC[C@@H]12. The van der Waals surface area contributed by atoms with Crippen LogP contribution >= 0.6 is 0 Å². The Labute approximate surface area is 204 Å². The first-order valence-corrected chi connectivity index (χ1v) is 14.1. The van der Waals surface area contributed by atoms with Crippen molar-refractivity contribution in [1.82, 2.24) is 0 Å². The third-order valence-electron chi connectivity index (χ3n) is 8.98. The minimum atomic E-state index is 0.0330.